The molecule has 2 N–H and O–H groups in total. The number of hydrogen-bond donors (Lipinski definition) is 1. The van der Waals surface area contributed by atoms with Crippen LogP contribution in [0, 0.1) is 13.7 Å². The fraction of sp³-hybridized carbons (Fsp3) is 0. The summed E-state index contributed by atoms with van der Waals surface area (Å²) in [6.07, 6.45) is 1.46. The lowest BCUT2D eigenvalue weighted by atomic mass is 10.2. The number of tetrazole rings is 2. The van der Waals surface area contributed by atoms with Gasteiger partial charge in [0, 0.05) is 10.9 Å². The molecular weight excluding hydrogens is 596 g/mol. The number of para-hydroxylation sites is 3. The van der Waals surface area contributed by atoms with Crippen molar-refractivity contribution in [1.29, 1.82) is 0 Å². The van der Waals surface area contributed by atoms with Gasteiger partial charge in [-0.2, -0.15) is 5.10 Å². The van der Waals surface area contributed by atoms with Gasteiger partial charge in [0.05, 0.1) is 24.4 Å². The summed E-state index contributed by atoms with van der Waals surface area (Å²) in [4.78, 5) is 12.3. The van der Waals surface area contributed by atoms with Crippen molar-refractivity contribution in [2.45, 2.75) is 0 Å². The summed E-state index contributed by atoms with van der Waals surface area (Å²) in [6, 6.07) is 23.8. The number of hydrogen-bond acceptors (Lipinski definition) is 6. The second-order valence-electron chi connectivity index (χ2n) is 6.28. The first kappa shape index (κ1) is 26.8. The zero-order valence-electron chi connectivity index (χ0n) is 17.2. The first-order chi connectivity index (χ1) is 15.6. The van der Waals surface area contributed by atoms with Crippen molar-refractivity contribution in [2.24, 2.45) is 0 Å². The Hall–Kier alpha value is -3.49. The lowest BCUT2D eigenvalue weighted by Gasteiger charge is -2.00. The molecule has 0 radical (unpaired) electrons. The predicted molar refractivity (Wildman–Crippen MR) is 121 cm³/mol. The highest BCUT2D eigenvalue weighted by Gasteiger charge is 2.28. The van der Waals surface area contributed by atoms with Crippen molar-refractivity contribution in [2.75, 3.05) is 0 Å². The second kappa shape index (κ2) is 12.7. The van der Waals surface area contributed by atoms with E-state index in [-0.39, 0.29) is 30.5 Å². The van der Waals surface area contributed by atoms with Crippen LogP contribution in [0.5, 0.6) is 0 Å². The van der Waals surface area contributed by atoms with Gasteiger partial charge in [-0.3, -0.25) is 10.1 Å². The summed E-state index contributed by atoms with van der Waals surface area (Å²) in [7, 11) is 0. The quantitative estimate of drug-likeness (QED) is 0.0965. The highest BCUT2D eigenvalue weighted by molar-refractivity contribution is 14.1. The van der Waals surface area contributed by atoms with Crippen molar-refractivity contribution in [3.63, 3.8) is 0 Å². The van der Waals surface area contributed by atoms with Gasteiger partial charge in [0.15, 0.2) is 5.21 Å². The molecule has 5 rings (SSSR count). The first-order valence-electron chi connectivity index (χ1n) is 9.31. The molecule has 174 valence electrons. The highest BCUT2D eigenvalue weighted by Crippen LogP contribution is 2.22. The minimum atomic E-state index is -0.433. The Labute approximate surface area is 219 Å². The van der Waals surface area contributed by atoms with E-state index in [0.717, 1.165) is 14.8 Å². The summed E-state index contributed by atoms with van der Waals surface area (Å²) in [5, 5.41) is 32.1. The molecule has 0 amide bonds. The third kappa shape index (κ3) is 6.09. The molecule has 0 unspecified atom stereocenters. The molecule has 3 aromatic carbocycles. The molecule has 0 spiro atoms. The number of nitrogens with one attached hydrogen (secondary N) is 2. The van der Waals surface area contributed by atoms with E-state index in [1.54, 1.807) is 22.9 Å². The van der Waals surface area contributed by atoms with Crippen LogP contribution >= 0.6 is 22.6 Å². The average Bonchev–Trinajstić information content (AvgIpc) is 3.54. The summed E-state index contributed by atoms with van der Waals surface area (Å²) in [5.74, 6) is 0.595. The topological polar surface area (TPSA) is 133 Å². The van der Waals surface area contributed by atoms with Crippen molar-refractivity contribution < 1.29 is 39.5 Å². The maximum absolute atomic E-state index is 11.4. The van der Waals surface area contributed by atoms with Gasteiger partial charge < -0.3 is 24.8 Å². The van der Waals surface area contributed by atoms with Crippen LogP contribution in [0.4, 0.5) is 5.69 Å². The Morgan fingerprint density at radius 2 is 1.65 bits per heavy atom. The number of nitro benzene ring substituents is 1. The Morgan fingerprint density at radius 3 is 2.26 bits per heavy atom. The van der Waals surface area contributed by atoms with E-state index in [2.05, 4.69) is 53.5 Å². The number of aromatic amines is 2. The number of halogens is 3. The molecule has 0 atom stereocenters. The van der Waals surface area contributed by atoms with E-state index in [4.69, 9.17) is 0 Å². The fourth-order valence-electron chi connectivity index (χ4n) is 2.87. The van der Waals surface area contributed by atoms with E-state index < -0.39 is 4.92 Å². The van der Waals surface area contributed by atoms with E-state index in [1.807, 2.05) is 54.6 Å². The standard InChI is InChI=1S/C19H13IN5O2.CH2N4.2ClH/c20-15-10-4-5-11-16(15)23-19(14-8-2-1-3-9-14)21-24(22-23)17-12-6-7-13-18(17)25(26)27;1-2-4-5-3-1;;/h1-13H;1H,(H,2,3,4,5);2*1H/q+1;;;/p-1. The zero-order valence-corrected chi connectivity index (χ0v) is 20.8. The summed E-state index contributed by atoms with van der Waals surface area (Å²) >= 11 is 2.24. The molecule has 0 saturated heterocycles. The third-order valence-electron chi connectivity index (χ3n) is 4.27. The molecule has 0 aliphatic rings. The molecule has 14 heteroatoms. The van der Waals surface area contributed by atoms with Gasteiger partial charge >= 0.3 is 11.5 Å². The van der Waals surface area contributed by atoms with Gasteiger partial charge in [0.1, 0.15) is 10.8 Å². The highest BCUT2D eigenvalue weighted by atomic mass is 127. The SMILES string of the molecule is O=[N+]([O-])c1ccccc1-n1nc(-c2ccccc2)[n+](-c2ccccc2I)n1.[Cl-].[Cl-].c1nn[nH][nH+]1. The number of aromatic nitrogens is 8. The molecule has 2 aromatic heterocycles. The van der Waals surface area contributed by atoms with Crippen molar-refractivity contribution >= 4 is 28.3 Å². The monoisotopic (exact) mass is 611 g/mol. The Kier molecular flexibility index (Phi) is 9.97. The van der Waals surface area contributed by atoms with Crippen LogP contribution in [0.2, 0.25) is 0 Å². The Bertz CT molecular complexity index is 1320. The summed E-state index contributed by atoms with van der Waals surface area (Å²) in [5.41, 5.74) is 1.97. The minimum Gasteiger partial charge on any atom is -1.00 e. The van der Waals surface area contributed by atoms with E-state index in [0.29, 0.717) is 11.5 Å². The molecular formula is C20H16Cl2IN9O2. The van der Waals surface area contributed by atoms with Crippen LogP contribution in [0.1, 0.15) is 0 Å². The van der Waals surface area contributed by atoms with Gasteiger partial charge in [0.2, 0.25) is 5.69 Å². The predicted octanol–water partition coefficient (Wildman–Crippen LogP) is -3.65. The molecule has 34 heavy (non-hydrogen) atoms. The first-order valence-corrected chi connectivity index (χ1v) is 10.4. The van der Waals surface area contributed by atoms with Gasteiger partial charge in [-0.1, -0.05) is 52.4 Å². The van der Waals surface area contributed by atoms with Gasteiger partial charge in [0.25, 0.3) is 6.33 Å². The number of nitrogens with zero attached hydrogens (tertiary/aromatic N) is 7. The van der Waals surface area contributed by atoms with Crippen LogP contribution in [-0.2, 0) is 0 Å². The number of H-pyrrole nitrogens is 2. The van der Waals surface area contributed by atoms with Crippen LogP contribution in [0.25, 0.3) is 22.8 Å². The van der Waals surface area contributed by atoms with Crippen LogP contribution in [-0.4, -0.2) is 35.6 Å². The van der Waals surface area contributed by atoms with Crippen molar-refractivity contribution in [3.8, 4) is 22.8 Å². The van der Waals surface area contributed by atoms with Crippen LogP contribution in [0.3, 0.4) is 0 Å². The van der Waals surface area contributed by atoms with Crippen molar-refractivity contribution in [3.05, 3.63) is 98.9 Å². The summed E-state index contributed by atoms with van der Waals surface area (Å²) in [6.45, 7) is 0. The average molecular weight is 612 g/mol. The molecule has 0 aliphatic heterocycles. The van der Waals surface area contributed by atoms with E-state index in [1.165, 1.54) is 17.2 Å². The Morgan fingerprint density at radius 1 is 0.971 bits per heavy atom. The third-order valence-corrected chi connectivity index (χ3v) is 5.18. The van der Waals surface area contributed by atoms with Crippen LogP contribution in [0.15, 0.2) is 85.2 Å². The summed E-state index contributed by atoms with van der Waals surface area (Å²) < 4.78 is 2.69. The molecule has 0 saturated carbocycles. The van der Waals surface area contributed by atoms with Gasteiger partial charge in [-0.25, -0.2) is 0 Å². The molecule has 0 aliphatic carbocycles. The van der Waals surface area contributed by atoms with Crippen molar-refractivity contribution in [1.82, 2.24) is 30.6 Å². The van der Waals surface area contributed by atoms with E-state index >= 15 is 0 Å². The lowest BCUT2D eigenvalue weighted by Crippen LogP contribution is -3.00. The molecule has 2 heterocycles. The molecule has 0 fully saturated rings. The van der Waals surface area contributed by atoms with Gasteiger partial charge in [-0.05, 0) is 52.9 Å². The van der Waals surface area contributed by atoms with Gasteiger partial charge in [-0.15, -0.1) is 0 Å². The number of rotatable bonds is 4. The molecule has 0 bridgehead atoms. The fourth-order valence-corrected chi connectivity index (χ4v) is 3.48. The maximum Gasteiger partial charge on any atom is 0.335 e. The number of benzene rings is 3. The molecule has 11 nitrogen and oxygen atoms in total. The largest absolute Gasteiger partial charge is 1.00 e. The maximum atomic E-state index is 11.4. The Balaban J connectivity index is 0.000000520. The smallest absolute Gasteiger partial charge is 0.335 e. The van der Waals surface area contributed by atoms with E-state index in [9.17, 15) is 10.1 Å². The number of nitro groups is 1. The lowest BCUT2D eigenvalue weighted by molar-refractivity contribution is -0.651. The second-order valence-corrected chi connectivity index (χ2v) is 7.44. The normalized spacial score (nSPS) is 9.68. The zero-order chi connectivity index (χ0) is 22.3. The molecule has 5 aromatic rings. The minimum absolute atomic E-state index is 0. The van der Waals surface area contributed by atoms with Crippen LogP contribution < -0.4 is 34.6 Å².